The number of benzene rings is 1. The fraction of sp³-hybridized carbons (Fsp3) is 0.579. The topological polar surface area (TPSA) is 69.6 Å². The summed E-state index contributed by atoms with van der Waals surface area (Å²) < 4.78 is 0. The number of carbonyl (C=O) groups is 2. The summed E-state index contributed by atoms with van der Waals surface area (Å²) in [5, 5.41) is 12.5. The number of carbonyl (C=O) groups excluding carboxylic acids is 2. The van der Waals surface area contributed by atoms with Crippen LogP contribution in [0.2, 0.25) is 0 Å². The monoisotopic (exact) mass is 332 g/mol. The van der Waals surface area contributed by atoms with E-state index >= 15 is 0 Å². The molecule has 1 unspecified atom stereocenters. The summed E-state index contributed by atoms with van der Waals surface area (Å²) in [6.07, 6.45) is 3.46. The van der Waals surface area contributed by atoms with Crippen molar-refractivity contribution in [3.63, 3.8) is 0 Å². The molecule has 0 aromatic heterocycles. The van der Waals surface area contributed by atoms with Crippen LogP contribution in [-0.4, -0.2) is 47.6 Å². The summed E-state index contributed by atoms with van der Waals surface area (Å²) in [5.74, 6) is 0.113. The average molecular weight is 332 g/mol. The van der Waals surface area contributed by atoms with Crippen LogP contribution in [0.3, 0.4) is 0 Å². The van der Waals surface area contributed by atoms with E-state index in [-0.39, 0.29) is 30.4 Å². The molecule has 0 aliphatic carbocycles. The Labute approximate surface area is 144 Å². The number of nitrogens with zero attached hydrogens (tertiary/aromatic N) is 1. The number of amides is 2. The summed E-state index contributed by atoms with van der Waals surface area (Å²) in [4.78, 5) is 26.2. The first kappa shape index (κ1) is 18.5. The smallest absolute Gasteiger partial charge is 0.223 e. The second-order valence-corrected chi connectivity index (χ2v) is 6.48. The number of rotatable bonds is 7. The van der Waals surface area contributed by atoms with Gasteiger partial charge in [-0.2, -0.15) is 0 Å². The van der Waals surface area contributed by atoms with E-state index in [1.807, 2.05) is 42.2 Å². The van der Waals surface area contributed by atoms with Crippen LogP contribution in [-0.2, 0) is 16.0 Å². The maximum Gasteiger partial charge on any atom is 0.223 e. The normalized spacial score (nSPS) is 16.7. The minimum absolute atomic E-state index is 0.00688. The number of nitrogens with one attached hydrogen (secondary N) is 1. The van der Waals surface area contributed by atoms with Crippen LogP contribution in [0.1, 0.15) is 38.2 Å². The quantitative estimate of drug-likeness (QED) is 0.799. The van der Waals surface area contributed by atoms with Gasteiger partial charge in [-0.1, -0.05) is 37.3 Å². The number of hydrogen-bond acceptors (Lipinski definition) is 3. The van der Waals surface area contributed by atoms with Crippen molar-refractivity contribution in [1.82, 2.24) is 10.2 Å². The van der Waals surface area contributed by atoms with Crippen LogP contribution in [0.5, 0.6) is 0 Å². The molecule has 2 amide bonds. The highest BCUT2D eigenvalue weighted by molar-refractivity contribution is 5.80. The van der Waals surface area contributed by atoms with Gasteiger partial charge in [-0.25, -0.2) is 0 Å². The minimum Gasteiger partial charge on any atom is -0.394 e. The third-order valence-corrected chi connectivity index (χ3v) is 4.57. The van der Waals surface area contributed by atoms with E-state index in [9.17, 15) is 14.7 Å². The summed E-state index contributed by atoms with van der Waals surface area (Å²) in [5.41, 5.74) is 1.09. The van der Waals surface area contributed by atoms with Crippen LogP contribution < -0.4 is 5.32 Å². The molecule has 5 nitrogen and oxygen atoms in total. The Kier molecular flexibility index (Phi) is 7.25. The van der Waals surface area contributed by atoms with E-state index in [1.54, 1.807) is 0 Å². The molecule has 1 aromatic rings. The Bertz CT molecular complexity index is 525. The summed E-state index contributed by atoms with van der Waals surface area (Å²) >= 11 is 0. The fourth-order valence-corrected chi connectivity index (χ4v) is 3.14. The number of piperidine rings is 1. The molecular formula is C19H28N2O3. The number of likely N-dealkylation sites (tertiary alicyclic amines) is 1. The van der Waals surface area contributed by atoms with Gasteiger partial charge in [0.25, 0.3) is 0 Å². The van der Waals surface area contributed by atoms with Crippen LogP contribution in [0, 0.1) is 5.92 Å². The molecular weight excluding hydrogens is 304 g/mol. The van der Waals surface area contributed by atoms with Crippen molar-refractivity contribution >= 4 is 11.8 Å². The molecule has 1 aliphatic heterocycles. The van der Waals surface area contributed by atoms with Gasteiger partial charge in [-0.05, 0) is 31.2 Å². The fourth-order valence-electron chi connectivity index (χ4n) is 3.14. The van der Waals surface area contributed by atoms with Gasteiger partial charge in [0.15, 0.2) is 0 Å². The van der Waals surface area contributed by atoms with Crippen LogP contribution in [0.4, 0.5) is 0 Å². The van der Waals surface area contributed by atoms with Gasteiger partial charge < -0.3 is 15.3 Å². The summed E-state index contributed by atoms with van der Waals surface area (Å²) in [6.45, 7) is 3.23. The van der Waals surface area contributed by atoms with Gasteiger partial charge in [0.2, 0.25) is 11.8 Å². The lowest BCUT2D eigenvalue weighted by Crippen LogP contribution is -2.46. The molecule has 2 rings (SSSR count). The maximum absolute atomic E-state index is 12.4. The van der Waals surface area contributed by atoms with Crippen molar-refractivity contribution in [2.75, 3.05) is 19.7 Å². The molecule has 1 aromatic carbocycles. The highest BCUT2D eigenvalue weighted by Gasteiger charge is 2.28. The minimum atomic E-state index is -0.264. The number of aliphatic hydroxyl groups excluding tert-OH is 1. The lowest BCUT2D eigenvalue weighted by atomic mass is 9.95. The SMILES string of the molecule is CCCC(=O)N1CCC(C(=O)NC(CO)Cc2ccccc2)CC1. The molecule has 1 fully saturated rings. The number of aliphatic hydroxyl groups is 1. The first-order valence-electron chi connectivity index (χ1n) is 8.87. The molecule has 5 heteroatoms. The average Bonchev–Trinajstić information content (AvgIpc) is 2.62. The first-order valence-corrected chi connectivity index (χ1v) is 8.87. The lowest BCUT2D eigenvalue weighted by molar-refractivity contribution is -0.136. The first-order chi connectivity index (χ1) is 11.6. The Morgan fingerprint density at radius 1 is 1.25 bits per heavy atom. The van der Waals surface area contributed by atoms with Crippen molar-refractivity contribution in [3.05, 3.63) is 35.9 Å². The zero-order valence-corrected chi connectivity index (χ0v) is 14.4. The molecule has 0 spiro atoms. The molecule has 0 bridgehead atoms. The highest BCUT2D eigenvalue weighted by Crippen LogP contribution is 2.18. The second-order valence-electron chi connectivity index (χ2n) is 6.48. The van der Waals surface area contributed by atoms with Crippen molar-refractivity contribution in [2.45, 2.75) is 45.1 Å². The van der Waals surface area contributed by atoms with E-state index in [0.29, 0.717) is 38.8 Å². The summed E-state index contributed by atoms with van der Waals surface area (Å²) in [7, 11) is 0. The van der Waals surface area contributed by atoms with Crippen molar-refractivity contribution in [2.24, 2.45) is 5.92 Å². The molecule has 1 atom stereocenters. The van der Waals surface area contributed by atoms with Gasteiger partial charge in [0.1, 0.15) is 0 Å². The van der Waals surface area contributed by atoms with Crippen LogP contribution in [0.15, 0.2) is 30.3 Å². The standard InChI is InChI=1S/C19H28N2O3/c1-2-6-18(23)21-11-9-16(10-12-21)19(24)20-17(14-22)13-15-7-4-3-5-8-15/h3-5,7-8,16-17,22H,2,6,9-14H2,1H3,(H,20,24). The van der Waals surface area contributed by atoms with E-state index in [0.717, 1.165) is 12.0 Å². The molecule has 24 heavy (non-hydrogen) atoms. The van der Waals surface area contributed by atoms with E-state index in [4.69, 9.17) is 0 Å². The zero-order valence-electron chi connectivity index (χ0n) is 14.4. The predicted molar refractivity (Wildman–Crippen MR) is 93.4 cm³/mol. The van der Waals surface area contributed by atoms with Crippen molar-refractivity contribution in [3.8, 4) is 0 Å². The molecule has 1 heterocycles. The maximum atomic E-state index is 12.4. The van der Waals surface area contributed by atoms with Crippen LogP contribution in [0.25, 0.3) is 0 Å². The highest BCUT2D eigenvalue weighted by atomic mass is 16.3. The Morgan fingerprint density at radius 2 is 1.92 bits per heavy atom. The van der Waals surface area contributed by atoms with Crippen molar-refractivity contribution in [1.29, 1.82) is 0 Å². The van der Waals surface area contributed by atoms with E-state index in [2.05, 4.69) is 5.32 Å². The second kappa shape index (κ2) is 9.42. The predicted octanol–water partition coefficient (Wildman–Crippen LogP) is 1.74. The molecule has 2 N–H and O–H groups in total. The third-order valence-electron chi connectivity index (χ3n) is 4.57. The molecule has 0 radical (unpaired) electrons. The molecule has 1 saturated heterocycles. The van der Waals surface area contributed by atoms with Gasteiger partial charge in [-0.15, -0.1) is 0 Å². The lowest BCUT2D eigenvalue weighted by Gasteiger charge is -2.32. The molecule has 0 saturated carbocycles. The van der Waals surface area contributed by atoms with Crippen LogP contribution >= 0.6 is 0 Å². The molecule has 1 aliphatic rings. The van der Waals surface area contributed by atoms with Gasteiger partial charge in [-0.3, -0.25) is 9.59 Å². The van der Waals surface area contributed by atoms with Crippen molar-refractivity contribution < 1.29 is 14.7 Å². The molecule has 132 valence electrons. The summed E-state index contributed by atoms with van der Waals surface area (Å²) in [6, 6.07) is 9.58. The Balaban J connectivity index is 1.80. The van der Waals surface area contributed by atoms with E-state index < -0.39 is 0 Å². The van der Waals surface area contributed by atoms with E-state index in [1.165, 1.54) is 0 Å². The Hall–Kier alpha value is -1.88. The Morgan fingerprint density at radius 3 is 2.50 bits per heavy atom. The third kappa shape index (κ3) is 5.34. The largest absolute Gasteiger partial charge is 0.394 e. The van der Waals surface area contributed by atoms with Gasteiger partial charge >= 0.3 is 0 Å². The number of hydrogen-bond donors (Lipinski definition) is 2. The van der Waals surface area contributed by atoms with Gasteiger partial charge in [0, 0.05) is 25.4 Å². The van der Waals surface area contributed by atoms with Gasteiger partial charge in [0.05, 0.1) is 12.6 Å². The zero-order chi connectivity index (χ0) is 17.4.